The minimum Gasteiger partial charge on any atom is -0.384 e. The number of hydrogen-bond donors (Lipinski definition) is 1. The molecule has 0 heterocycles. The lowest BCUT2D eigenvalue weighted by atomic mass is 10.4. The van der Waals surface area contributed by atoms with Crippen molar-refractivity contribution in [2.75, 3.05) is 45.4 Å². The molecule has 0 aliphatic carbocycles. The van der Waals surface area contributed by atoms with E-state index >= 15 is 0 Å². The number of methoxy groups -OCH3 is 1. The minimum absolute atomic E-state index is 0.113. The number of sulfone groups is 1. The Morgan fingerprint density at radius 2 is 2.06 bits per heavy atom. The zero-order valence-electron chi connectivity index (χ0n) is 9.81. The van der Waals surface area contributed by atoms with E-state index in [1.54, 1.807) is 7.05 Å². The van der Waals surface area contributed by atoms with Crippen molar-refractivity contribution in [3.63, 3.8) is 0 Å². The Bertz CT molecular complexity index is 303. The van der Waals surface area contributed by atoms with Crippen molar-refractivity contribution >= 4 is 15.7 Å². The van der Waals surface area contributed by atoms with Gasteiger partial charge >= 0.3 is 0 Å². The van der Waals surface area contributed by atoms with Crippen LogP contribution in [0.15, 0.2) is 0 Å². The molecule has 0 saturated heterocycles. The summed E-state index contributed by atoms with van der Waals surface area (Å²) in [6, 6.07) is 0. The average Bonchev–Trinajstić information content (AvgIpc) is 2.22. The molecular weight excluding hydrogens is 232 g/mol. The number of rotatable bonds is 8. The van der Waals surface area contributed by atoms with Crippen LogP contribution in [0, 0.1) is 0 Å². The third-order valence-electron chi connectivity index (χ3n) is 2.07. The lowest BCUT2D eigenvalue weighted by Gasteiger charge is -2.16. The fourth-order valence-electron chi connectivity index (χ4n) is 1.03. The zero-order chi connectivity index (χ0) is 12.6. The van der Waals surface area contributed by atoms with Crippen LogP contribution in [-0.4, -0.2) is 64.6 Å². The van der Waals surface area contributed by atoms with Crippen LogP contribution < -0.4 is 5.73 Å². The van der Waals surface area contributed by atoms with Gasteiger partial charge < -0.3 is 15.4 Å². The van der Waals surface area contributed by atoms with Crippen LogP contribution in [0.5, 0.6) is 0 Å². The Hall–Kier alpha value is -0.660. The van der Waals surface area contributed by atoms with E-state index in [-0.39, 0.29) is 12.4 Å². The Kier molecular flexibility index (Phi) is 7.27. The summed E-state index contributed by atoms with van der Waals surface area (Å²) in [4.78, 5) is 12.9. The van der Waals surface area contributed by atoms with Gasteiger partial charge in [-0.15, -0.1) is 0 Å². The molecule has 0 bridgehead atoms. The lowest BCUT2D eigenvalue weighted by Crippen LogP contribution is -2.35. The van der Waals surface area contributed by atoms with Gasteiger partial charge in [-0.2, -0.15) is 0 Å². The number of carbonyl (C=O) groups is 1. The van der Waals surface area contributed by atoms with E-state index in [0.717, 1.165) is 0 Å². The molecule has 0 unspecified atom stereocenters. The summed E-state index contributed by atoms with van der Waals surface area (Å²) < 4.78 is 27.5. The van der Waals surface area contributed by atoms with Crippen molar-refractivity contribution in [2.45, 2.75) is 6.42 Å². The molecule has 96 valence electrons. The van der Waals surface area contributed by atoms with Crippen LogP contribution in [0.4, 0.5) is 0 Å². The molecule has 0 aliphatic heterocycles. The van der Waals surface area contributed by atoms with Crippen LogP contribution in [0.2, 0.25) is 0 Å². The van der Waals surface area contributed by atoms with E-state index in [0.29, 0.717) is 19.5 Å². The van der Waals surface area contributed by atoms with Crippen LogP contribution >= 0.6 is 0 Å². The van der Waals surface area contributed by atoms with Crippen molar-refractivity contribution in [3.8, 4) is 0 Å². The van der Waals surface area contributed by atoms with Gasteiger partial charge in [-0.05, 0) is 13.0 Å². The molecule has 0 saturated carbocycles. The molecule has 7 heteroatoms. The second-order valence-corrected chi connectivity index (χ2v) is 5.73. The molecule has 0 atom stereocenters. The minimum atomic E-state index is -3.36. The van der Waals surface area contributed by atoms with Gasteiger partial charge in [-0.1, -0.05) is 0 Å². The largest absolute Gasteiger partial charge is 0.384 e. The third-order valence-corrected chi connectivity index (χ3v) is 3.54. The first-order valence-electron chi connectivity index (χ1n) is 5.06. The molecule has 0 rings (SSSR count). The zero-order valence-corrected chi connectivity index (χ0v) is 10.6. The highest BCUT2D eigenvalue weighted by Crippen LogP contribution is 1.96. The highest BCUT2D eigenvalue weighted by atomic mass is 32.2. The number of nitrogens with two attached hydrogens (primary N) is 1. The van der Waals surface area contributed by atoms with E-state index in [2.05, 4.69) is 4.74 Å². The maximum atomic E-state index is 11.5. The smallest absolute Gasteiger partial charge is 0.237 e. The van der Waals surface area contributed by atoms with Crippen LogP contribution in [-0.2, 0) is 19.4 Å². The van der Waals surface area contributed by atoms with Gasteiger partial charge in [0, 0.05) is 20.7 Å². The van der Waals surface area contributed by atoms with Crippen molar-refractivity contribution in [3.05, 3.63) is 0 Å². The van der Waals surface area contributed by atoms with Gasteiger partial charge in [0.05, 0.1) is 12.4 Å². The fourth-order valence-corrected chi connectivity index (χ4v) is 2.20. The highest BCUT2D eigenvalue weighted by molar-refractivity contribution is 7.92. The fraction of sp³-hybridized carbons (Fsp3) is 0.889. The molecule has 0 aromatic rings. The maximum Gasteiger partial charge on any atom is 0.237 e. The first-order valence-corrected chi connectivity index (χ1v) is 6.88. The number of amides is 1. The average molecular weight is 252 g/mol. The molecule has 0 fully saturated rings. The van der Waals surface area contributed by atoms with Gasteiger partial charge in [-0.25, -0.2) is 8.42 Å². The molecule has 16 heavy (non-hydrogen) atoms. The van der Waals surface area contributed by atoms with Crippen molar-refractivity contribution < 1.29 is 17.9 Å². The predicted molar refractivity (Wildman–Crippen MR) is 61.8 cm³/mol. The monoisotopic (exact) mass is 252 g/mol. The quantitative estimate of drug-likeness (QED) is 0.589. The van der Waals surface area contributed by atoms with E-state index < -0.39 is 21.5 Å². The lowest BCUT2D eigenvalue weighted by molar-refractivity contribution is -0.127. The summed E-state index contributed by atoms with van der Waals surface area (Å²) >= 11 is 0. The van der Waals surface area contributed by atoms with Crippen LogP contribution in [0.25, 0.3) is 0 Å². The third kappa shape index (κ3) is 6.76. The van der Waals surface area contributed by atoms with Gasteiger partial charge in [0.1, 0.15) is 5.75 Å². The highest BCUT2D eigenvalue weighted by Gasteiger charge is 2.18. The molecule has 6 nitrogen and oxygen atoms in total. The number of ether oxygens (including phenoxy) is 1. The topological polar surface area (TPSA) is 89.7 Å². The number of carbonyl (C=O) groups excluding carboxylic acids is 1. The normalized spacial score (nSPS) is 11.4. The first kappa shape index (κ1) is 15.3. The van der Waals surface area contributed by atoms with Gasteiger partial charge in [0.25, 0.3) is 0 Å². The summed E-state index contributed by atoms with van der Waals surface area (Å²) in [6.07, 6.45) is 0.667. The summed E-state index contributed by atoms with van der Waals surface area (Å²) in [7, 11) is -0.366. The van der Waals surface area contributed by atoms with Crippen LogP contribution in [0.1, 0.15) is 6.42 Å². The first-order chi connectivity index (χ1) is 7.43. The molecular formula is C9H20N2O4S. The van der Waals surface area contributed by atoms with E-state index in [9.17, 15) is 13.2 Å². The van der Waals surface area contributed by atoms with Crippen molar-refractivity contribution in [2.24, 2.45) is 5.73 Å². The molecule has 2 N–H and O–H groups in total. The standard InChI is InChI=1S/C9H20N2O4S/c1-11(5-3-4-10)9(12)8-16(13,14)7-6-15-2/h3-8,10H2,1-2H3. The molecule has 1 amide bonds. The summed E-state index contributed by atoms with van der Waals surface area (Å²) in [5.41, 5.74) is 5.30. The summed E-state index contributed by atoms with van der Waals surface area (Å²) in [5.74, 6) is -0.984. The SMILES string of the molecule is COCCS(=O)(=O)CC(=O)N(C)CCCN. The second-order valence-electron chi connectivity index (χ2n) is 3.54. The Labute approximate surface area is 96.7 Å². The molecule has 0 aromatic carbocycles. The summed E-state index contributed by atoms with van der Waals surface area (Å²) in [6.45, 7) is 1.07. The van der Waals surface area contributed by atoms with Crippen molar-refractivity contribution in [1.29, 1.82) is 0 Å². The van der Waals surface area contributed by atoms with E-state index in [4.69, 9.17) is 5.73 Å². The number of hydrogen-bond acceptors (Lipinski definition) is 5. The van der Waals surface area contributed by atoms with Gasteiger partial charge in [0.15, 0.2) is 9.84 Å². The predicted octanol–water partition coefficient (Wildman–Crippen LogP) is -1.15. The van der Waals surface area contributed by atoms with E-state index in [1.807, 2.05) is 0 Å². The second kappa shape index (κ2) is 7.59. The van der Waals surface area contributed by atoms with Crippen molar-refractivity contribution in [1.82, 2.24) is 4.90 Å². The van der Waals surface area contributed by atoms with Gasteiger partial charge in [-0.3, -0.25) is 4.79 Å². The molecule has 0 aliphatic rings. The Morgan fingerprint density at radius 1 is 1.44 bits per heavy atom. The van der Waals surface area contributed by atoms with Crippen LogP contribution in [0.3, 0.4) is 0 Å². The molecule has 0 spiro atoms. The number of nitrogens with zero attached hydrogens (tertiary/aromatic N) is 1. The van der Waals surface area contributed by atoms with Gasteiger partial charge in [0.2, 0.25) is 5.91 Å². The Balaban J connectivity index is 4.11. The van der Waals surface area contributed by atoms with E-state index in [1.165, 1.54) is 12.0 Å². The maximum absolute atomic E-state index is 11.5. The molecule has 0 aromatic heterocycles. The summed E-state index contributed by atoms with van der Waals surface area (Å²) in [5, 5.41) is 0. The molecule has 0 radical (unpaired) electrons. The Morgan fingerprint density at radius 3 is 2.56 bits per heavy atom.